The Hall–Kier alpha value is -1.82. The van der Waals surface area contributed by atoms with Gasteiger partial charge in [0.2, 0.25) is 11.5 Å². The molecule has 0 aromatic carbocycles. The van der Waals surface area contributed by atoms with E-state index in [2.05, 4.69) is 30.6 Å². The van der Waals surface area contributed by atoms with Gasteiger partial charge in [-0.05, 0) is 11.5 Å². The molecule has 15 heavy (non-hydrogen) atoms. The summed E-state index contributed by atoms with van der Waals surface area (Å²) in [6, 6.07) is 3.85. The van der Waals surface area contributed by atoms with Crippen LogP contribution in [0.2, 0.25) is 0 Å². The van der Waals surface area contributed by atoms with Crippen LogP contribution in [0.3, 0.4) is 0 Å². The molecule has 2 aromatic heterocycles. The topological polar surface area (TPSA) is 21.7 Å². The van der Waals surface area contributed by atoms with E-state index in [-0.39, 0.29) is 5.41 Å². The van der Waals surface area contributed by atoms with Crippen molar-refractivity contribution in [2.45, 2.75) is 26.2 Å². The normalized spacial score (nSPS) is 11.6. The van der Waals surface area contributed by atoms with Gasteiger partial charge in [-0.25, -0.2) is 9.38 Å². The van der Waals surface area contributed by atoms with Crippen LogP contribution in [-0.2, 0) is 5.41 Å². The number of fused-ring (bicyclic) bond motifs is 1. The molecule has 0 bridgehead atoms. The lowest BCUT2D eigenvalue weighted by Crippen LogP contribution is -2.12. The summed E-state index contributed by atoms with van der Waals surface area (Å²) in [4.78, 5) is 7.78. The van der Waals surface area contributed by atoms with E-state index in [9.17, 15) is 0 Å². The number of hydrogen-bond acceptors (Lipinski definition) is 1. The van der Waals surface area contributed by atoms with Crippen molar-refractivity contribution in [3.63, 3.8) is 0 Å². The fourth-order valence-corrected chi connectivity index (χ4v) is 1.68. The Morgan fingerprint density at radius 1 is 1.33 bits per heavy atom. The fourth-order valence-electron chi connectivity index (χ4n) is 1.68. The summed E-state index contributed by atoms with van der Waals surface area (Å²) < 4.78 is 1.84. The Kier molecular flexibility index (Phi) is 2.01. The van der Waals surface area contributed by atoms with Gasteiger partial charge >= 0.3 is 0 Å². The van der Waals surface area contributed by atoms with E-state index in [1.54, 1.807) is 6.20 Å². The monoisotopic (exact) mass is 199 g/mol. The SMILES string of the molecule is [C-]#[N+]c1ccc(C(C)(C)C)c2nccn12. The summed E-state index contributed by atoms with van der Waals surface area (Å²) in [5.74, 6) is 0.607. The second-order valence-electron chi connectivity index (χ2n) is 4.59. The van der Waals surface area contributed by atoms with Gasteiger partial charge in [0.05, 0.1) is 12.4 Å². The van der Waals surface area contributed by atoms with Gasteiger partial charge in [0.25, 0.3) is 0 Å². The molecule has 0 fully saturated rings. The number of nitrogens with zero attached hydrogens (tertiary/aromatic N) is 3. The third kappa shape index (κ3) is 1.48. The third-order valence-electron chi connectivity index (χ3n) is 2.45. The van der Waals surface area contributed by atoms with Crippen molar-refractivity contribution in [3.8, 4) is 0 Å². The molecule has 0 radical (unpaired) electrons. The second kappa shape index (κ2) is 3.09. The number of aromatic nitrogens is 2. The molecule has 76 valence electrons. The van der Waals surface area contributed by atoms with Crippen molar-refractivity contribution >= 4 is 11.5 Å². The maximum Gasteiger partial charge on any atom is 0.236 e. The average Bonchev–Trinajstić information content (AvgIpc) is 2.62. The summed E-state index contributed by atoms with van der Waals surface area (Å²) in [7, 11) is 0. The molecule has 0 saturated carbocycles. The highest BCUT2D eigenvalue weighted by molar-refractivity contribution is 5.58. The lowest BCUT2D eigenvalue weighted by molar-refractivity contribution is 0.592. The quantitative estimate of drug-likeness (QED) is 0.597. The molecule has 0 N–H and O–H groups in total. The van der Waals surface area contributed by atoms with Gasteiger partial charge < -0.3 is 4.85 Å². The maximum absolute atomic E-state index is 7.07. The van der Waals surface area contributed by atoms with Gasteiger partial charge in [-0.2, -0.15) is 0 Å². The predicted molar refractivity (Wildman–Crippen MR) is 60.2 cm³/mol. The Morgan fingerprint density at radius 2 is 2.07 bits per heavy atom. The molecule has 0 spiro atoms. The summed E-state index contributed by atoms with van der Waals surface area (Å²) in [6.07, 6.45) is 3.57. The Labute approximate surface area is 89.2 Å². The number of imidazole rings is 1. The Balaban J connectivity index is 2.82. The molecule has 2 rings (SSSR count). The van der Waals surface area contributed by atoms with Crippen LogP contribution >= 0.6 is 0 Å². The van der Waals surface area contributed by atoms with Crippen molar-refractivity contribution in [1.82, 2.24) is 9.38 Å². The first-order chi connectivity index (χ1) is 7.04. The molecular formula is C12H13N3. The van der Waals surface area contributed by atoms with Crippen molar-refractivity contribution in [2.24, 2.45) is 0 Å². The molecule has 3 heteroatoms. The van der Waals surface area contributed by atoms with Crippen LogP contribution in [0.15, 0.2) is 24.5 Å². The first kappa shape index (κ1) is 9.72. The van der Waals surface area contributed by atoms with Gasteiger partial charge in [0.15, 0.2) is 0 Å². The molecule has 0 saturated heterocycles. The summed E-state index contributed by atoms with van der Waals surface area (Å²) >= 11 is 0. The smallest absolute Gasteiger partial charge is 0.236 e. The Morgan fingerprint density at radius 3 is 2.67 bits per heavy atom. The number of hydrogen-bond donors (Lipinski definition) is 0. The van der Waals surface area contributed by atoms with Gasteiger partial charge in [0.1, 0.15) is 0 Å². The average molecular weight is 199 g/mol. The molecule has 0 aliphatic rings. The lowest BCUT2D eigenvalue weighted by atomic mass is 9.88. The van der Waals surface area contributed by atoms with Crippen LogP contribution in [0.4, 0.5) is 5.82 Å². The van der Waals surface area contributed by atoms with Crippen LogP contribution in [0.1, 0.15) is 26.3 Å². The molecule has 0 amide bonds. The zero-order chi connectivity index (χ0) is 11.1. The molecule has 0 atom stereocenters. The third-order valence-corrected chi connectivity index (χ3v) is 2.45. The predicted octanol–water partition coefficient (Wildman–Crippen LogP) is 3.18. The van der Waals surface area contributed by atoms with Crippen LogP contribution in [0.25, 0.3) is 10.5 Å². The molecule has 0 aliphatic heterocycles. The minimum absolute atomic E-state index is 0.0488. The second-order valence-corrected chi connectivity index (χ2v) is 4.59. The minimum atomic E-state index is 0.0488. The Bertz CT molecular complexity index is 538. The number of pyridine rings is 1. The van der Waals surface area contributed by atoms with Crippen molar-refractivity contribution in [3.05, 3.63) is 41.5 Å². The zero-order valence-corrected chi connectivity index (χ0v) is 9.15. The highest BCUT2D eigenvalue weighted by atomic mass is 15.1. The van der Waals surface area contributed by atoms with E-state index >= 15 is 0 Å². The van der Waals surface area contributed by atoms with Crippen molar-refractivity contribution < 1.29 is 0 Å². The largest absolute Gasteiger partial charge is 0.364 e. The summed E-state index contributed by atoms with van der Waals surface area (Å²) in [5, 5.41) is 0. The minimum Gasteiger partial charge on any atom is -0.364 e. The van der Waals surface area contributed by atoms with Crippen LogP contribution in [-0.4, -0.2) is 9.38 Å². The van der Waals surface area contributed by atoms with Gasteiger partial charge in [-0.3, -0.25) is 0 Å². The highest BCUT2D eigenvalue weighted by Gasteiger charge is 2.20. The van der Waals surface area contributed by atoms with E-state index in [4.69, 9.17) is 6.57 Å². The first-order valence-corrected chi connectivity index (χ1v) is 4.88. The molecule has 2 aromatic rings. The van der Waals surface area contributed by atoms with E-state index in [1.165, 1.54) is 5.56 Å². The van der Waals surface area contributed by atoms with E-state index in [1.807, 2.05) is 22.7 Å². The van der Waals surface area contributed by atoms with Gasteiger partial charge in [-0.15, -0.1) is 0 Å². The summed E-state index contributed by atoms with van der Waals surface area (Å²) in [5.41, 5.74) is 2.10. The van der Waals surface area contributed by atoms with Crippen molar-refractivity contribution in [2.75, 3.05) is 0 Å². The molecule has 3 nitrogen and oxygen atoms in total. The standard InChI is InChI=1S/C12H13N3/c1-12(2,3)9-5-6-10(13-4)15-8-7-14-11(9)15/h5-8H,1-3H3. The van der Waals surface area contributed by atoms with Crippen LogP contribution in [0.5, 0.6) is 0 Å². The van der Waals surface area contributed by atoms with Crippen LogP contribution in [0, 0.1) is 6.57 Å². The van der Waals surface area contributed by atoms with E-state index in [0.717, 1.165) is 5.65 Å². The summed E-state index contributed by atoms with van der Waals surface area (Å²) in [6.45, 7) is 13.5. The zero-order valence-electron chi connectivity index (χ0n) is 9.15. The lowest BCUT2D eigenvalue weighted by Gasteiger charge is -2.18. The molecular weight excluding hydrogens is 186 g/mol. The van der Waals surface area contributed by atoms with Crippen molar-refractivity contribution in [1.29, 1.82) is 0 Å². The fraction of sp³-hybridized carbons (Fsp3) is 0.333. The van der Waals surface area contributed by atoms with Crippen LogP contribution < -0.4 is 0 Å². The molecule has 2 heterocycles. The molecule has 0 aliphatic carbocycles. The van der Waals surface area contributed by atoms with E-state index in [0.29, 0.717) is 5.82 Å². The van der Waals surface area contributed by atoms with Gasteiger partial charge in [-0.1, -0.05) is 33.4 Å². The van der Waals surface area contributed by atoms with E-state index < -0.39 is 0 Å². The van der Waals surface area contributed by atoms with Gasteiger partial charge in [0, 0.05) is 5.56 Å². The highest BCUT2D eigenvalue weighted by Crippen LogP contribution is 2.28. The molecule has 0 unspecified atom stereocenters. The maximum atomic E-state index is 7.07. The first-order valence-electron chi connectivity index (χ1n) is 4.88. The number of rotatable bonds is 0.